The highest BCUT2D eigenvalue weighted by molar-refractivity contribution is 14.1. The summed E-state index contributed by atoms with van der Waals surface area (Å²) in [6.45, 7) is 0. The first-order chi connectivity index (χ1) is 4.13. The molecule has 1 atom stereocenters. The molecule has 0 radical (unpaired) electrons. The molecule has 0 aromatic heterocycles. The number of carbonyl (C=O) groups excluding carboxylic acids is 2. The number of hydrogen-bond donors (Lipinski definition) is 0. The monoisotopic (exact) mass is 351 g/mol. The third-order valence-electron chi connectivity index (χ3n) is 1.03. The van der Waals surface area contributed by atoms with Gasteiger partial charge in [-0.2, -0.15) is 0 Å². The summed E-state index contributed by atoms with van der Waals surface area (Å²) in [6.07, 6.45) is 0.363. The fourth-order valence-corrected chi connectivity index (χ4v) is 2.29. The number of amides is 2. The fourth-order valence-electron chi connectivity index (χ4n) is 0.567. The molecule has 5 heteroatoms. The average Bonchev–Trinajstić information content (AvgIpc) is 1.98. The lowest BCUT2D eigenvalue weighted by Gasteiger charge is -1.99. The van der Waals surface area contributed by atoms with E-state index in [4.69, 9.17) is 0 Å². The van der Waals surface area contributed by atoms with Crippen LogP contribution in [0.15, 0.2) is 0 Å². The predicted molar refractivity (Wildman–Crippen MR) is 48.3 cm³/mol. The molecular weight excluding hydrogens is 348 g/mol. The quantitative estimate of drug-likeness (QED) is 0.282. The van der Waals surface area contributed by atoms with Crippen molar-refractivity contribution in [1.82, 2.24) is 3.11 Å². The molecule has 1 fully saturated rings. The van der Waals surface area contributed by atoms with E-state index in [0.717, 1.165) is 3.11 Å². The lowest BCUT2D eigenvalue weighted by molar-refractivity contribution is -0.130. The normalized spacial score (nSPS) is 27.8. The van der Waals surface area contributed by atoms with Gasteiger partial charge < -0.3 is 0 Å². The molecule has 0 N–H and O–H groups in total. The van der Waals surface area contributed by atoms with Crippen LogP contribution < -0.4 is 0 Å². The number of rotatable bonds is 0. The molecule has 50 valence electrons. The van der Waals surface area contributed by atoms with Gasteiger partial charge in [0.05, 0.1) is 26.8 Å². The Morgan fingerprint density at radius 3 is 2.22 bits per heavy atom. The van der Waals surface area contributed by atoms with Crippen LogP contribution in [0.1, 0.15) is 6.42 Å². The smallest absolute Gasteiger partial charge is 0.251 e. The minimum atomic E-state index is -0.132. The third kappa shape index (κ3) is 1.36. The van der Waals surface area contributed by atoms with Gasteiger partial charge in [0.1, 0.15) is 0 Å². The summed E-state index contributed by atoms with van der Waals surface area (Å²) in [7, 11) is 0. The largest absolute Gasteiger partial charge is 0.274 e. The van der Waals surface area contributed by atoms with Gasteiger partial charge in [-0.25, -0.2) is 3.11 Å². The number of imide groups is 1. The van der Waals surface area contributed by atoms with Crippen LogP contribution in [0.5, 0.6) is 0 Å². The van der Waals surface area contributed by atoms with Crippen LogP contribution >= 0.6 is 45.5 Å². The fraction of sp³-hybridized carbons (Fsp3) is 0.500. The molecule has 0 saturated carbocycles. The highest BCUT2D eigenvalue weighted by Crippen LogP contribution is 2.22. The topological polar surface area (TPSA) is 37.4 Å². The maximum absolute atomic E-state index is 10.8. The van der Waals surface area contributed by atoms with Crippen molar-refractivity contribution in [3.63, 3.8) is 0 Å². The van der Waals surface area contributed by atoms with E-state index in [1.165, 1.54) is 0 Å². The second-order valence-electron chi connectivity index (χ2n) is 1.68. The molecule has 2 amide bonds. The predicted octanol–water partition coefficient (Wildman–Crippen LogP) is 0.899. The Balaban J connectivity index is 2.77. The summed E-state index contributed by atoms with van der Waals surface area (Å²) in [4.78, 5) is 21.5. The second kappa shape index (κ2) is 2.69. The van der Waals surface area contributed by atoms with Crippen LogP contribution in [0.3, 0.4) is 0 Å². The molecule has 1 unspecified atom stereocenters. The zero-order valence-corrected chi connectivity index (χ0v) is 8.62. The summed E-state index contributed by atoms with van der Waals surface area (Å²) in [5, 5.41) is 0. The summed E-state index contributed by atoms with van der Waals surface area (Å²) < 4.78 is 1.02. The molecule has 1 saturated heterocycles. The lowest BCUT2D eigenvalue weighted by Crippen LogP contribution is -2.19. The van der Waals surface area contributed by atoms with Crippen molar-refractivity contribution in [1.29, 1.82) is 0 Å². The van der Waals surface area contributed by atoms with Crippen LogP contribution in [0.2, 0.25) is 0 Å². The van der Waals surface area contributed by atoms with Gasteiger partial charge in [0.2, 0.25) is 5.91 Å². The van der Waals surface area contributed by atoms with Gasteiger partial charge in [-0.15, -0.1) is 0 Å². The molecule has 0 spiro atoms. The Labute approximate surface area is 79.8 Å². The second-order valence-corrected chi connectivity index (χ2v) is 4.15. The Kier molecular flexibility index (Phi) is 2.30. The van der Waals surface area contributed by atoms with Gasteiger partial charge in [-0.1, -0.05) is 22.6 Å². The Bertz CT molecular complexity index is 170. The summed E-state index contributed by atoms with van der Waals surface area (Å²) in [5.41, 5.74) is 0. The van der Waals surface area contributed by atoms with Crippen LogP contribution in [0, 0.1) is 0 Å². The molecule has 0 aromatic rings. The first-order valence-electron chi connectivity index (χ1n) is 2.29. The van der Waals surface area contributed by atoms with Crippen molar-refractivity contribution < 1.29 is 9.59 Å². The maximum Gasteiger partial charge on any atom is 0.251 e. The maximum atomic E-state index is 10.8. The molecule has 0 aromatic carbocycles. The van der Waals surface area contributed by atoms with Crippen LogP contribution in [-0.2, 0) is 9.59 Å². The molecule has 1 heterocycles. The summed E-state index contributed by atoms with van der Waals surface area (Å²) >= 11 is 3.70. The SMILES string of the molecule is O=C1CC(I)C(=O)N1I. The van der Waals surface area contributed by atoms with Crippen molar-refractivity contribution in [3.8, 4) is 0 Å². The molecule has 9 heavy (non-hydrogen) atoms. The lowest BCUT2D eigenvalue weighted by atomic mass is 10.4. The van der Waals surface area contributed by atoms with Gasteiger partial charge in [0, 0.05) is 6.42 Å². The molecule has 0 bridgehead atoms. The zero-order valence-electron chi connectivity index (χ0n) is 4.30. The zero-order chi connectivity index (χ0) is 7.02. The van der Waals surface area contributed by atoms with Crippen molar-refractivity contribution in [3.05, 3.63) is 0 Å². The first kappa shape index (κ1) is 7.70. The number of hydrogen-bond acceptors (Lipinski definition) is 2. The van der Waals surface area contributed by atoms with E-state index >= 15 is 0 Å². The molecule has 1 aliphatic heterocycles. The number of alkyl halides is 1. The van der Waals surface area contributed by atoms with Gasteiger partial charge in [-0.05, 0) is 0 Å². The van der Waals surface area contributed by atoms with Crippen molar-refractivity contribution in [2.75, 3.05) is 0 Å². The van der Waals surface area contributed by atoms with Gasteiger partial charge >= 0.3 is 0 Å². The highest BCUT2D eigenvalue weighted by atomic mass is 127. The number of nitrogens with zero attached hydrogens (tertiary/aromatic N) is 1. The first-order valence-corrected chi connectivity index (χ1v) is 4.50. The Hall–Kier alpha value is 0.600. The van der Waals surface area contributed by atoms with Crippen molar-refractivity contribution in [2.45, 2.75) is 10.3 Å². The standard InChI is InChI=1S/C4H3I2NO2/c5-2-1-3(8)7(6)4(2)9/h2H,1H2. The average molecular weight is 351 g/mol. The minimum Gasteiger partial charge on any atom is -0.274 e. The molecule has 3 nitrogen and oxygen atoms in total. The van der Waals surface area contributed by atoms with E-state index in [0.29, 0.717) is 6.42 Å². The van der Waals surface area contributed by atoms with E-state index in [2.05, 4.69) is 0 Å². The minimum absolute atomic E-state index is 0.0822. The molecule has 0 aliphatic carbocycles. The van der Waals surface area contributed by atoms with E-state index in [9.17, 15) is 9.59 Å². The van der Waals surface area contributed by atoms with Crippen molar-refractivity contribution >= 4 is 57.3 Å². The van der Waals surface area contributed by atoms with E-state index in [1.807, 2.05) is 22.6 Å². The number of halogens is 2. The third-order valence-corrected chi connectivity index (χ3v) is 3.02. The van der Waals surface area contributed by atoms with Crippen LogP contribution in [0.4, 0.5) is 0 Å². The van der Waals surface area contributed by atoms with Gasteiger partial charge in [-0.3, -0.25) is 9.59 Å². The number of carbonyl (C=O) groups is 2. The van der Waals surface area contributed by atoms with Crippen LogP contribution in [0.25, 0.3) is 0 Å². The Morgan fingerprint density at radius 2 is 2.11 bits per heavy atom. The molecule has 1 aliphatic rings. The molecule has 1 rings (SSSR count). The van der Waals surface area contributed by atoms with E-state index < -0.39 is 0 Å². The highest BCUT2D eigenvalue weighted by Gasteiger charge is 2.35. The van der Waals surface area contributed by atoms with E-state index in [1.54, 1.807) is 22.9 Å². The molecular formula is C4H3I2NO2. The van der Waals surface area contributed by atoms with Crippen molar-refractivity contribution in [2.24, 2.45) is 0 Å². The van der Waals surface area contributed by atoms with Crippen LogP contribution in [-0.4, -0.2) is 18.9 Å². The van der Waals surface area contributed by atoms with E-state index in [-0.39, 0.29) is 15.7 Å². The Morgan fingerprint density at radius 1 is 1.56 bits per heavy atom. The summed E-state index contributed by atoms with van der Waals surface area (Å²) in [6, 6.07) is 0. The van der Waals surface area contributed by atoms with Gasteiger partial charge in [0.25, 0.3) is 5.91 Å². The summed E-state index contributed by atoms with van der Waals surface area (Å²) in [5.74, 6) is -0.166. The van der Waals surface area contributed by atoms with Gasteiger partial charge in [0.15, 0.2) is 0 Å².